The maximum Gasteiger partial charge on any atom is 0.221 e. The predicted molar refractivity (Wildman–Crippen MR) is 85.7 cm³/mol. The largest absolute Gasteiger partial charge is 0.495 e. The molecule has 0 radical (unpaired) electrons. The smallest absolute Gasteiger partial charge is 0.221 e. The summed E-state index contributed by atoms with van der Waals surface area (Å²) in [5.41, 5.74) is 1.49. The Bertz CT molecular complexity index is 640. The minimum absolute atomic E-state index is 0.0437. The van der Waals surface area contributed by atoms with Crippen LogP contribution in [-0.4, -0.2) is 13.0 Å². The van der Waals surface area contributed by atoms with Gasteiger partial charge in [-0.3, -0.25) is 4.79 Å². The van der Waals surface area contributed by atoms with Gasteiger partial charge < -0.3 is 19.8 Å². The Morgan fingerprint density at radius 1 is 1.33 bits per heavy atom. The highest BCUT2D eigenvalue weighted by Gasteiger charge is 2.13. The van der Waals surface area contributed by atoms with Crippen molar-refractivity contribution in [2.75, 3.05) is 17.7 Å². The van der Waals surface area contributed by atoms with Crippen molar-refractivity contribution in [3.8, 4) is 5.75 Å². The van der Waals surface area contributed by atoms with Crippen LogP contribution in [0, 0.1) is 0 Å². The summed E-state index contributed by atoms with van der Waals surface area (Å²) in [7, 11) is 1.60. The Morgan fingerprint density at radius 2 is 2.10 bits per heavy atom. The second-order valence-electron chi connectivity index (χ2n) is 4.60. The van der Waals surface area contributed by atoms with E-state index >= 15 is 0 Å². The molecular weight excluding hydrogens is 336 g/mol. The highest BCUT2D eigenvalue weighted by molar-refractivity contribution is 9.10. The molecule has 0 aliphatic rings. The number of hydrogen-bond donors (Lipinski definition) is 2. The molecule has 1 atom stereocenters. The van der Waals surface area contributed by atoms with E-state index in [9.17, 15) is 4.79 Å². The third-order valence-electron chi connectivity index (χ3n) is 2.91. The Hall–Kier alpha value is -1.95. The molecule has 0 fully saturated rings. The number of furan rings is 1. The second kappa shape index (κ2) is 6.67. The van der Waals surface area contributed by atoms with Crippen molar-refractivity contribution in [3.63, 3.8) is 0 Å². The van der Waals surface area contributed by atoms with E-state index in [1.165, 1.54) is 6.92 Å². The van der Waals surface area contributed by atoms with Gasteiger partial charge in [0.05, 0.1) is 18.8 Å². The molecule has 1 heterocycles. The number of rotatable bonds is 5. The summed E-state index contributed by atoms with van der Waals surface area (Å²) in [4.78, 5) is 11.1. The van der Waals surface area contributed by atoms with E-state index in [4.69, 9.17) is 9.15 Å². The van der Waals surface area contributed by atoms with Crippen molar-refractivity contribution in [2.24, 2.45) is 0 Å². The van der Waals surface area contributed by atoms with Crippen LogP contribution in [0.25, 0.3) is 0 Å². The molecule has 1 unspecified atom stereocenters. The van der Waals surface area contributed by atoms with Crippen LogP contribution in [0.1, 0.15) is 25.6 Å². The Balaban J connectivity index is 2.22. The maximum atomic E-state index is 11.1. The highest BCUT2D eigenvalue weighted by Crippen LogP contribution is 2.32. The summed E-state index contributed by atoms with van der Waals surface area (Å²) >= 11 is 3.29. The molecule has 0 spiro atoms. The second-order valence-corrected chi connectivity index (χ2v) is 5.39. The lowest BCUT2D eigenvalue weighted by molar-refractivity contribution is -0.114. The topological polar surface area (TPSA) is 63.5 Å². The molecule has 0 bridgehead atoms. The summed E-state index contributed by atoms with van der Waals surface area (Å²) in [6, 6.07) is 9.12. The first kappa shape index (κ1) is 15.4. The van der Waals surface area contributed by atoms with Crippen molar-refractivity contribution in [3.05, 3.63) is 40.8 Å². The fourth-order valence-corrected chi connectivity index (χ4v) is 2.29. The fraction of sp³-hybridized carbons (Fsp3) is 0.267. The lowest BCUT2D eigenvalue weighted by atomic mass is 10.2. The van der Waals surface area contributed by atoms with Crippen molar-refractivity contribution >= 4 is 33.2 Å². The van der Waals surface area contributed by atoms with Gasteiger partial charge in [0.15, 0.2) is 4.67 Å². The minimum atomic E-state index is -0.117. The first-order valence-corrected chi connectivity index (χ1v) is 7.26. The first-order chi connectivity index (χ1) is 9.99. The van der Waals surface area contributed by atoms with Gasteiger partial charge in [-0.25, -0.2) is 0 Å². The van der Waals surface area contributed by atoms with Crippen molar-refractivity contribution in [1.29, 1.82) is 0 Å². The molecule has 1 aromatic carbocycles. The molecule has 6 heteroatoms. The summed E-state index contributed by atoms with van der Waals surface area (Å²) < 4.78 is 11.5. The van der Waals surface area contributed by atoms with E-state index in [0.29, 0.717) is 16.1 Å². The van der Waals surface area contributed by atoms with Crippen LogP contribution in [0.4, 0.5) is 11.4 Å². The van der Waals surface area contributed by atoms with Gasteiger partial charge in [-0.15, -0.1) is 0 Å². The van der Waals surface area contributed by atoms with Gasteiger partial charge in [0, 0.05) is 12.6 Å². The number of amides is 1. The number of halogens is 1. The molecule has 2 rings (SSSR count). The van der Waals surface area contributed by atoms with Crippen LogP contribution in [0.2, 0.25) is 0 Å². The number of methoxy groups -OCH3 is 1. The molecule has 112 valence electrons. The predicted octanol–water partition coefficient (Wildman–Crippen LogP) is 4.18. The summed E-state index contributed by atoms with van der Waals surface area (Å²) in [6.07, 6.45) is 0. The Morgan fingerprint density at radius 3 is 2.67 bits per heavy atom. The van der Waals surface area contributed by atoms with E-state index < -0.39 is 0 Å². The standard InChI is InChI=1S/C15H17BrN2O3/c1-9(13-6-7-15(16)21-13)17-12-8-11(18-10(2)19)4-5-14(12)20-3/h4-9,17H,1-3H3,(H,18,19). The number of ether oxygens (including phenoxy) is 1. The maximum absolute atomic E-state index is 11.1. The van der Waals surface area contributed by atoms with Crippen LogP contribution >= 0.6 is 15.9 Å². The van der Waals surface area contributed by atoms with Crippen molar-refractivity contribution < 1.29 is 13.9 Å². The highest BCUT2D eigenvalue weighted by atomic mass is 79.9. The fourth-order valence-electron chi connectivity index (χ4n) is 1.97. The molecule has 0 aliphatic heterocycles. The van der Waals surface area contributed by atoms with Gasteiger partial charge in [0.25, 0.3) is 0 Å². The number of nitrogens with one attached hydrogen (secondary N) is 2. The summed E-state index contributed by atoms with van der Waals surface area (Å²) in [5, 5.41) is 6.06. The third kappa shape index (κ3) is 4.01. The van der Waals surface area contributed by atoms with Gasteiger partial charge in [-0.05, 0) is 53.2 Å². The minimum Gasteiger partial charge on any atom is -0.495 e. The molecule has 0 saturated heterocycles. The molecule has 21 heavy (non-hydrogen) atoms. The van der Waals surface area contributed by atoms with E-state index in [0.717, 1.165) is 11.4 Å². The van der Waals surface area contributed by atoms with Crippen LogP contribution < -0.4 is 15.4 Å². The van der Waals surface area contributed by atoms with E-state index in [2.05, 4.69) is 26.6 Å². The first-order valence-electron chi connectivity index (χ1n) is 6.47. The van der Waals surface area contributed by atoms with Gasteiger partial charge in [0.1, 0.15) is 11.5 Å². The molecule has 1 amide bonds. The summed E-state index contributed by atoms with van der Waals surface area (Å²) in [5.74, 6) is 1.38. The average molecular weight is 353 g/mol. The zero-order valence-electron chi connectivity index (χ0n) is 12.1. The normalized spacial score (nSPS) is 11.8. The van der Waals surface area contributed by atoms with Crippen LogP contribution in [0.15, 0.2) is 39.4 Å². The van der Waals surface area contributed by atoms with E-state index in [1.54, 1.807) is 19.2 Å². The quantitative estimate of drug-likeness (QED) is 0.846. The molecule has 2 N–H and O–H groups in total. The van der Waals surface area contributed by atoms with Crippen molar-refractivity contribution in [1.82, 2.24) is 0 Å². The zero-order valence-corrected chi connectivity index (χ0v) is 13.7. The molecular formula is C15H17BrN2O3. The monoisotopic (exact) mass is 352 g/mol. The summed E-state index contributed by atoms with van der Waals surface area (Å²) in [6.45, 7) is 3.45. The Labute approximate surface area is 131 Å². The van der Waals surface area contributed by atoms with Crippen LogP contribution in [0.5, 0.6) is 5.75 Å². The lowest BCUT2D eigenvalue weighted by Gasteiger charge is -2.17. The molecule has 0 aliphatic carbocycles. The van der Waals surface area contributed by atoms with E-state index in [-0.39, 0.29) is 11.9 Å². The molecule has 2 aromatic rings. The number of carbonyl (C=O) groups is 1. The average Bonchev–Trinajstić information content (AvgIpc) is 2.85. The molecule has 1 aromatic heterocycles. The van der Waals surface area contributed by atoms with Crippen LogP contribution in [0.3, 0.4) is 0 Å². The van der Waals surface area contributed by atoms with Gasteiger partial charge in [-0.2, -0.15) is 0 Å². The SMILES string of the molecule is COc1ccc(NC(C)=O)cc1NC(C)c1ccc(Br)o1. The van der Waals surface area contributed by atoms with Crippen molar-refractivity contribution in [2.45, 2.75) is 19.9 Å². The number of benzene rings is 1. The Kier molecular flexibility index (Phi) is 4.90. The molecule has 0 saturated carbocycles. The van der Waals surface area contributed by atoms with Crippen LogP contribution in [-0.2, 0) is 4.79 Å². The van der Waals surface area contributed by atoms with E-state index in [1.807, 2.05) is 25.1 Å². The molecule has 5 nitrogen and oxygen atoms in total. The van der Waals surface area contributed by atoms with Gasteiger partial charge in [-0.1, -0.05) is 0 Å². The van der Waals surface area contributed by atoms with Gasteiger partial charge in [0.2, 0.25) is 5.91 Å². The van der Waals surface area contributed by atoms with Gasteiger partial charge >= 0.3 is 0 Å². The lowest BCUT2D eigenvalue weighted by Crippen LogP contribution is -2.09. The zero-order chi connectivity index (χ0) is 15.4. The number of hydrogen-bond acceptors (Lipinski definition) is 4. The third-order valence-corrected chi connectivity index (χ3v) is 3.34. The number of anilines is 2. The number of carbonyl (C=O) groups excluding carboxylic acids is 1.